The molecule has 46 valence electrons. The summed E-state index contributed by atoms with van der Waals surface area (Å²) >= 11 is 0. The molecule has 0 heterocycles. The predicted octanol–water partition coefficient (Wildman–Crippen LogP) is 0.0146. The molecule has 2 nitrogen and oxygen atoms in total. The molecule has 0 aromatic carbocycles. The van der Waals surface area contributed by atoms with E-state index in [1.165, 1.54) is 0 Å². The lowest BCUT2D eigenvalue weighted by Crippen LogP contribution is -2.42. The standard InChI is InChI=1S/C6H12N2/c1-3-6(8,4-2)5-7/h3-4H,1-2,5,7-8H2. The van der Waals surface area contributed by atoms with E-state index in [1.54, 1.807) is 12.2 Å². The van der Waals surface area contributed by atoms with Crippen molar-refractivity contribution in [2.45, 2.75) is 5.54 Å². The molecule has 0 rings (SSSR count). The van der Waals surface area contributed by atoms with Crippen LogP contribution in [0.4, 0.5) is 0 Å². The van der Waals surface area contributed by atoms with Gasteiger partial charge in [0, 0.05) is 6.54 Å². The average Bonchev–Trinajstić information content (AvgIpc) is 1.87. The van der Waals surface area contributed by atoms with Gasteiger partial charge in [0.2, 0.25) is 0 Å². The first-order chi connectivity index (χ1) is 3.68. The van der Waals surface area contributed by atoms with Crippen LogP contribution in [0.15, 0.2) is 25.3 Å². The maximum Gasteiger partial charge on any atom is 0.0644 e. The van der Waals surface area contributed by atoms with Crippen LogP contribution in [-0.2, 0) is 0 Å². The van der Waals surface area contributed by atoms with Crippen molar-refractivity contribution in [3.63, 3.8) is 0 Å². The van der Waals surface area contributed by atoms with Crippen LogP contribution < -0.4 is 11.5 Å². The van der Waals surface area contributed by atoms with Gasteiger partial charge >= 0.3 is 0 Å². The van der Waals surface area contributed by atoms with Crippen molar-refractivity contribution in [3.05, 3.63) is 25.3 Å². The fourth-order valence-corrected chi connectivity index (χ4v) is 0.250. The van der Waals surface area contributed by atoms with Crippen LogP contribution in [0.2, 0.25) is 0 Å². The molecular formula is C6H12N2. The van der Waals surface area contributed by atoms with Gasteiger partial charge in [0.05, 0.1) is 5.54 Å². The van der Waals surface area contributed by atoms with E-state index in [0.717, 1.165) is 0 Å². The van der Waals surface area contributed by atoms with Crippen molar-refractivity contribution in [3.8, 4) is 0 Å². The molecule has 0 spiro atoms. The quantitative estimate of drug-likeness (QED) is 0.505. The zero-order valence-corrected chi connectivity index (χ0v) is 4.93. The van der Waals surface area contributed by atoms with Gasteiger partial charge in [-0.25, -0.2) is 0 Å². The average molecular weight is 112 g/mol. The summed E-state index contributed by atoms with van der Waals surface area (Å²) in [6.07, 6.45) is 3.17. The van der Waals surface area contributed by atoms with Gasteiger partial charge in [-0.3, -0.25) is 0 Å². The molecule has 0 aliphatic carbocycles. The van der Waals surface area contributed by atoms with Gasteiger partial charge in [-0.2, -0.15) is 0 Å². The number of hydrogen-bond donors (Lipinski definition) is 2. The van der Waals surface area contributed by atoms with Crippen molar-refractivity contribution in [2.24, 2.45) is 11.5 Å². The van der Waals surface area contributed by atoms with Crippen LogP contribution in [-0.4, -0.2) is 12.1 Å². The molecule has 0 saturated heterocycles. The highest BCUT2D eigenvalue weighted by Gasteiger charge is 2.11. The summed E-state index contributed by atoms with van der Waals surface area (Å²) < 4.78 is 0. The topological polar surface area (TPSA) is 52.0 Å². The lowest BCUT2D eigenvalue weighted by molar-refractivity contribution is 0.669. The van der Waals surface area contributed by atoms with Crippen molar-refractivity contribution in [1.82, 2.24) is 0 Å². The molecule has 0 bridgehead atoms. The van der Waals surface area contributed by atoms with Gasteiger partial charge in [-0.1, -0.05) is 12.2 Å². The van der Waals surface area contributed by atoms with Gasteiger partial charge in [0.1, 0.15) is 0 Å². The van der Waals surface area contributed by atoms with Crippen LogP contribution in [0.25, 0.3) is 0 Å². The Labute approximate surface area is 49.9 Å². The van der Waals surface area contributed by atoms with Crippen LogP contribution in [0.3, 0.4) is 0 Å². The molecule has 0 saturated carbocycles. The van der Waals surface area contributed by atoms with Crippen molar-refractivity contribution in [1.29, 1.82) is 0 Å². The Hall–Kier alpha value is -0.600. The van der Waals surface area contributed by atoms with Crippen molar-refractivity contribution in [2.75, 3.05) is 6.54 Å². The SMILES string of the molecule is C=CC(N)(C=C)CN. The second-order valence-corrected chi connectivity index (χ2v) is 1.72. The molecule has 2 heteroatoms. The molecule has 0 radical (unpaired) electrons. The Balaban J connectivity index is 3.96. The Morgan fingerprint density at radius 2 is 1.75 bits per heavy atom. The third-order valence-corrected chi connectivity index (χ3v) is 1.11. The molecule has 0 atom stereocenters. The lowest BCUT2D eigenvalue weighted by atomic mass is 10.0. The zero-order valence-electron chi connectivity index (χ0n) is 4.93. The summed E-state index contributed by atoms with van der Waals surface area (Å²) in [6.45, 7) is 7.36. The first-order valence-corrected chi connectivity index (χ1v) is 2.44. The van der Waals surface area contributed by atoms with Gasteiger partial charge in [0.15, 0.2) is 0 Å². The minimum absolute atomic E-state index is 0.361. The molecule has 0 aliphatic rings. The van der Waals surface area contributed by atoms with Crippen LogP contribution in [0.5, 0.6) is 0 Å². The first-order valence-electron chi connectivity index (χ1n) is 2.44. The summed E-state index contributed by atoms with van der Waals surface area (Å²) in [5.41, 5.74) is 10.2. The summed E-state index contributed by atoms with van der Waals surface area (Å²) in [7, 11) is 0. The highest BCUT2D eigenvalue weighted by Crippen LogP contribution is 1.97. The van der Waals surface area contributed by atoms with Crippen molar-refractivity contribution < 1.29 is 0 Å². The van der Waals surface area contributed by atoms with Crippen LogP contribution >= 0.6 is 0 Å². The lowest BCUT2D eigenvalue weighted by Gasteiger charge is -2.16. The summed E-state index contributed by atoms with van der Waals surface area (Å²) in [5.74, 6) is 0. The molecule has 0 amide bonds. The molecular weight excluding hydrogens is 100 g/mol. The molecule has 0 aromatic heterocycles. The normalized spacial score (nSPS) is 10.8. The van der Waals surface area contributed by atoms with Gasteiger partial charge in [0.25, 0.3) is 0 Å². The number of rotatable bonds is 3. The van der Waals surface area contributed by atoms with Crippen molar-refractivity contribution >= 4 is 0 Å². The molecule has 0 fully saturated rings. The van der Waals surface area contributed by atoms with E-state index >= 15 is 0 Å². The summed E-state index contributed by atoms with van der Waals surface area (Å²) in [5, 5.41) is 0. The van der Waals surface area contributed by atoms with Gasteiger partial charge in [-0.05, 0) is 0 Å². The van der Waals surface area contributed by atoms with Gasteiger partial charge in [-0.15, -0.1) is 13.2 Å². The minimum atomic E-state index is -0.569. The fourth-order valence-electron chi connectivity index (χ4n) is 0.250. The summed E-state index contributed by atoms with van der Waals surface area (Å²) in [6, 6.07) is 0. The van der Waals surface area contributed by atoms with E-state index in [4.69, 9.17) is 11.5 Å². The Morgan fingerprint density at radius 1 is 1.38 bits per heavy atom. The zero-order chi connectivity index (χ0) is 6.62. The number of hydrogen-bond acceptors (Lipinski definition) is 2. The van der Waals surface area contributed by atoms with Gasteiger partial charge < -0.3 is 11.5 Å². The largest absolute Gasteiger partial charge is 0.328 e. The smallest absolute Gasteiger partial charge is 0.0644 e. The second-order valence-electron chi connectivity index (χ2n) is 1.72. The van der Waals surface area contributed by atoms with E-state index in [1.807, 2.05) is 0 Å². The molecule has 0 aromatic rings. The second kappa shape index (κ2) is 2.64. The third kappa shape index (κ3) is 1.48. The Kier molecular flexibility index (Phi) is 2.45. The predicted molar refractivity (Wildman–Crippen MR) is 36.4 cm³/mol. The Bertz CT molecular complexity index is 88.7. The Morgan fingerprint density at radius 3 is 1.75 bits per heavy atom. The monoisotopic (exact) mass is 112 g/mol. The third-order valence-electron chi connectivity index (χ3n) is 1.11. The van der Waals surface area contributed by atoms with Crippen LogP contribution in [0, 0.1) is 0 Å². The van der Waals surface area contributed by atoms with E-state index in [9.17, 15) is 0 Å². The fraction of sp³-hybridized carbons (Fsp3) is 0.333. The minimum Gasteiger partial charge on any atom is -0.328 e. The van der Waals surface area contributed by atoms with E-state index in [2.05, 4.69) is 13.2 Å². The number of nitrogens with two attached hydrogens (primary N) is 2. The first kappa shape index (κ1) is 7.40. The maximum absolute atomic E-state index is 5.53. The molecule has 4 N–H and O–H groups in total. The maximum atomic E-state index is 5.53. The van der Waals surface area contributed by atoms with Crippen LogP contribution in [0.1, 0.15) is 0 Å². The van der Waals surface area contributed by atoms with E-state index in [-0.39, 0.29) is 0 Å². The van der Waals surface area contributed by atoms with E-state index < -0.39 is 5.54 Å². The van der Waals surface area contributed by atoms with E-state index in [0.29, 0.717) is 6.54 Å². The highest BCUT2D eigenvalue weighted by atomic mass is 14.8. The molecule has 8 heavy (non-hydrogen) atoms. The molecule has 0 unspecified atom stereocenters. The highest BCUT2D eigenvalue weighted by molar-refractivity contribution is 5.12. The molecule has 0 aliphatic heterocycles. The summed E-state index contributed by atoms with van der Waals surface area (Å²) in [4.78, 5) is 0.